The third kappa shape index (κ3) is 2.75. The van der Waals surface area contributed by atoms with Crippen molar-refractivity contribution in [3.05, 3.63) is 41.0 Å². The minimum Gasteiger partial charge on any atom is -0.336 e. The highest BCUT2D eigenvalue weighted by atomic mass is 16.2. The van der Waals surface area contributed by atoms with Crippen LogP contribution in [-0.4, -0.2) is 51.2 Å². The lowest BCUT2D eigenvalue weighted by Crippen LogP contribution is -2.41. The van der Waals surface area contributed by atoms with Gasteiger partial charge in [-0.1, -0.05) is 6.07 Å². The van der Waals surface area contributed by atoms with Gasteiger partial charge in [-0.05, 0) is 44.4 Å². The van der Waals surface area contributed by atoms with E-state index in [-0.39, 0.29) is 18.0 Å². The fourth-order valence-electron chi connectivity index (χ4n) is 4.07. The number of urea groups is 1. The Morgan fingerprint density at radius 1 is 1.21 bits per heavy atom. The fourth-order valence-corrected chi connectivity index (χ4v) is 4.07. The summed E-state index contributed by atoms with van der Waals surface area (Å²) in [5, 5.41) is 7.45. The summed E-state index contributed by atoms with van der Waals surface area (Å²) in [5.74, 6) is 2.26. The molecule has 8 heteroatoms. The van der Waals surface area contributed by atoms with Crippen molar-refractivity contribution < 1.29 is 9.59 Å². The summed E-state index contributed by atoms with van der Waals surface area (Å²) in [7, 11) is 0. The molecule has 1 saturated carbocycles. The smallest absolute Gasteiger partial charge is 0.322 e. The Morgan fingerprint density at radius 2 is 2.04 bits per heavy atom. The Morgan fingerprint density at radius 3 is 2.75 bits per heavy atom. The number of benzene rings is 1. The maximum atomic E-state index is 13.3. The monoisotopic (exact) mass is 380 g/mol. The molecule has 2 aromatic rings. The van der Waals surface area contributed by atoms with Gasteiger partial charge in [0.15, 0.2) is 5.82 Å². The van der Waals surface area contributed by atoms with E-state index in [1.54, 1.807) is 4.90 Å². The van der Waals surface area contributed by atoms with Crippen LogP contribution in [0.3, 0.4) is 0 Å². The molecule has 1 aromatic carbocycles. The summed E-state index contributed by atoms with van der Waals surface area (Å²) in [5.41, 5.74) is 2.38. The van der Waals surface area contributed by atoms with Crippen LogP contribution in [0.15, 0.2) is 18.2 Å². The van der Waals surface area contributed by atoms with Crippen molar-refractivity contribution in [2.45, 2.75) is 45.2 Å². The normalized spacial score (nSPS) is 21.6. The molecule has 8 nitrogen and oxygen atoms in total. The lowest BCUT2D eigenvalue weighted by atomic mass is 10.1. The van der Waals surface area contributed by atoms with E-state index in [0.717, 1.165) is 35.7 Å². The number of anilines is 1. The van der Waals surface area contributed by atoms with Crippen LogP contribution in [0, 0.1) is 6.92 Å². The maximum absolute atomic E-state index is 13.3. The third-order valence-electron chi connectivity index (χ3n) is 5.92. The SMILES string of the molecule is Cc1ccc(C(=O)N2CCn3nc(C4CC4)nc3[C@H]2C)cc1N1CCNC1=O. The van der Waals surface area contributed by atoms with Gasteiger partial charge in [0, 0.05) is 36.8 Å². The first-order chi connectivity index (χ1) is 13.5. The van der Waals surface area contributed by atoms with Gasteiger partial charge in [-0.15, -0.1) is 0 Å². The number of hydrogen-bond donors (Lipinski definition) is 1. The zero-order valence-corrected chi connectivity index (χ0v) is 16.2. The van der Waals surface area contributed by atoms with Gasteiger partial charge in [-0.2, -0.15) is 5.10 Å². The predicted molar refractivity (Wildman–Crippen MR) is 103 cm³/mol. The summed E-state index contributed by atoms with van der Waals surface area (Å²) in [6.07, 6.45) is 2.33. The van der Waals surface area contributed by atoms with Crippen molar-refractivity contribution in [1.82, 2.24) is 25.0 Å². The molecule has 0 bridgehead atoms. The molecule has 1 aliphatic carbocycles. The fraction of sp³-hybridized carbons (Fsp3) is 0.500. The van der Waals surface area contributed by atoms with Gasteiger partial charge in [-0.3, -0.25) is 9.69 Å². The van der Waals surface area contributed by atoms with E-state index in [9.17, 15) is 9.59 Å². The number of aryl methyl sites for hydroxylation is 1. The summed E-state index contributed by atoms with van der Waals surface area (Å²) in [4.78, 5) is 33.6. The van der Waals surface area contributed by atoms with Gasteiger partial charge in [0.2, 0.25) is 0 Å². The van der Waals surface area contributed by atoms with Crippen molar-refractivity contribution in [2.24, 2.45) is 0 Å². The van der Waals surface area contributed by atoms with Gasteiger partial charge >= 0.3 is 6.03 Å². The van der Waals surface area contributed by atoms with Gasteiger partial charge in [-0.25, -0.2) is 14.5 Å². The summed E-state index contributed by atoms with van der Waals surface area (Å²) in [6.45, 7) is 6.48. The molecule has 2 aliphatic heterocycles. The van der Waals surface area contributed by atoms with E-state index >= 15 is 0 Å². The van der Waals surface area contributed by atoms with Crippen LogP contribution in [0.25, 0.3) is 0 Å². The van der Waals surface area contributed by atoms with Crippen LogP contribution < -0.4 is 10.2 Å². The molecule has 2 fully saturated rings. The predicted octanol–water partition coefficient (Wildman–Crippen LogP) is 2.21. The molecule has 28 heavy (non-hydrogen) atoms. The molecule has 1 aromatic heterocycles. The highest BCUT2D eigenvalue weighted by Crippen LogP contribution is 2.39. The Labute approximate surface area is 163 Å². The van der Waals surface area contributed by atoms with E-state index in [1.807, 2.05) is 41.6 Å². The van der Waals surface area contributed by atoms with Crippen molar-refractivity contribution in [2.75, 3.05) is 24.5 Å². The van der Waals surface area contributed by atoms with Gasteiger partial charge < -0.3 is 10.2 Å². The number of rotatable bonds is 3. The van der Waals surface area contributed by atoms with Gasteiger partial charge in [0.1, 0.15) is 5.82 Å². The topological polar surface area (TPSA) is 83.4 Å². The number of hydrogen-bond acceptors (Lipinski definition) is 4. The van der Waals surface area contributed by atoms with Crippen LogP contribution in [0.5, 0.6) is 0 Å². The van der Waals surface area contributed by atoms with Crippen LogP contribution in [-0.2, 0) is 6.54 Å². The standard InChI is InChI=1S/C20H24N6O2/c1-12-3-4-15(11-16(12)25-8-7-21-20(25)28)19(27)24-9-10-26-18(13(24)2)22-17(23-26)14-5-6-14/h3-4,11,13-14H,5-10H2,1-2H3,(H,21,28)/t13-/m1/s1. The number of nitrogens with one attached hydrogen (secondary N) is 1. The molecular formula is C20H24N6O2. The number of aromatic nitrogens is 3. The van der Waals surface area contributed by atoms with Gasteiger partial charge in [0.05, 0.1) is 12.6 Å². The molecule has 0 radical (unpaired) electrons. The average molecular weight is 380 g/mol. The van der Waals surface area contributed by atoms with Crippen molar-refractivity contribution in [3.63, 3.8) is 0 Å². The van der Waals surface area contributed by atoms with E-state index < -0.39 is 0 Å². The molecular weight excluding hydrogens is 356 g/mol. The first kappa shape index (κ1) is 17.2. The van der Waals surface area contributed by atoms with Gasteiger partial charge in [0.25, 0.3) is 5.91 Å². The van der Waals surface area contributed by atoms with Crippen LogP contribution in [0.2, 0.25) is 0 Å². The zero-order chi connectivity index (χ0) is 19.4. The molecule has 3 aliphatic rings. The number of carbonyl (C=O) groups is 2. The minimum absolute atomic E-state index is 0.0319. The van der Waals surface area contributed by atoms with Crippen molar-refractivity contribution in [3.8, 4) is 0 Å². The molecule has 1 atom stereocenters. The molecule has 3 heterocycles. The zero-order valence-electron chi connectivity index (χ0n) is 16.2. The highest BCUT2D eigenvalue weighted by molar-refractivity contribution is 5.99. The van der Waals surface area contributed by atoms with Crippen molar-refractivity contribution in [1.29, 1.82) is 0 Å². The quantitative estimate of drug-likeness (QED) is 0.885. The molecule has 0 unspecified atom stereocenters. The second kappa shape index (κ2) is 6.32. The van der Waals surface area contributed by atoms with E-state index in [1.165, 1.54) is 0 Å². The Balaban J connectivity index is 1.42. The molecule has 0 spiro atoms. The largest absolute Gasteiger partial charge is 0.336 e. The second-order valence-corrected chi connectivity index (χ2v) is 7.88. The Hall–Kier alpha value is -2.90. The minimum atomic E-state index is -0.124. The number of amides is 3. The van der Waals surface area contributed by atoms with Crippen LogP contribution in [0.4, 0.5) is 10.5 Å². The second-order valence-electron chi connectivity index (χ2n) is 7.88. The Bertz CT molecular complexity index is 964. The molecule has 5 rings (SSSR count). The summed E-state index contributed by atoms with van der Waals surface area (Å²) < 4.78 is 1.96. The third-order valence-corrected chi connectivity index (χ3v) is 5.92. The lowest BCUT2D eigenvalue weighted by Gasteiger charge is -2.33. The average Bonchev–Trinajstić information content (AvgIpc) is 3.30. The molecule has 1 N–H and O–H groups in total. The Kier molecular flexibility index (Phi) is 3.89. The van der Waals surface area contributed by atoms with Crippen LogP contribution in [0.1, 0.15) is 59.3 Å². The van der Waals surface area contributed by atoms with Crippen molar-refractivity contribution >= 4 is 17.6 Å². The number of nitrogens with zero attached hydrogens (tertiary/aromatic N) is 5. The van der Waals surface area contributed by atoms with Crippen LogP contribution >= 0.6 is 0 Å². The molecule has 146 valence electrons. The first-order valence-corrected chi connectivity index (χ1v) is 9.94. The van der Waals surface area contributed by atoms with E-state index in [0.29, 0.717) is 37.7 Å². The van der Waals surface area contributed by atoms with E-state index in [4.69, 9.17) is 4.98 Å². The summed E-state index contributed by atoms with van der Waals surface area (Å²) >= 11 is 0. The number of carbonyl (C=O) groups excluding carboxylic acids is 2. The summed E-state index contributed by atoms with van der Waals surface area (Å²) in [6, 6.07) is 5.36. The number of fused-ring (bicyclic) bond motifs is 1. The molecule has 3 amide bonds. The molecule has 1 saturated heterocycles. The lowest BCUT2D eigenvalue weighted by molar-refractivity contribution is 0.0630. The highest BCUT2D eigenvalue weighted by Gasteiger charge is 2.35. The first-order valence-electron chi connectivity index (χ1n) is 9.94. The van der Waals surface area contributed by atoms with E-state index in [2.05, 4.69) is 10.4 Å². The maximum Gasteiger partial charge on any atom is 0.322 e.